The molecule has 1 heterocycles. The number of rotatable bonds is 0. The quantitative estimate of drug-likeness (QED) is 0.501. The van der Waals surface area contributed by atoms with Gasteiger partial charge in [0.2, 0.25) is 0 Å². The molecule has 0 aromatic carbocycles. The van der Waals surface area contributed by atoms with E-state index in [4.69, 9.17) is 0 Å². The first-order valence-electron chi connectivity index (χ1n) is 3.33. The van der Waals surface area contributed by atoms with Crippen LogP contribution in [0.2, 0.25) is 0 Å². The molecular weight excluding hydrogens is 110 g/mol. The Morgan fingerprint density at radius 2 is 1.89 bits per heavy atom. The van der Waals surface area contributed by atoms with Crippen LogP contribution in [-0.2, 0) is 0 Å². The van der Waals surface area contributed by atoms with Gasteiger partial charge >= 0.3 is 0 Å². The molecule has 0 spiro atoms. The van der Waals surface area contributed by atoms with Gasteiger partial charge in [-0.3, -0.25) is 0 Å². The van der Waals surface area contributed by atoms with Gasteiger partial charge in [0.25, 0.3) is 0 Å². The largest absolute Gasteiger partial charge is 0.215 e. The van der Waals surface area contributed by atoms with E-state index >= 15 is 0 Å². The second-order valence-electron chi connectivity index (χ2n) is 1.55. The maximum Gasteiger partial charge on any atom is 0.176 e. The van der Waals surface area contributed by atoms with Crippen molar-refractivity contribution in [1.29, 1.82) is 0 Å². The molecule has 0 unspecified atom stereocenters. The summed E-state index contributed by atoms with van der Waals surface area (Å²) in [4.78, 5) is 3.03. The van der Waals surface area contributed by atoms with Gasteiger partial charge in [0.05, 0.1) is 0 Å². The van der Waals surface area contributed by atoms with Crippen LogP contribution in [0, 0.1) is 6.92 Å². The lowest BCUT2D eigenvalue weighted by Gasteiger charge is -1.74. The molecule has 0 aliphatic heterocycles. The molecule has 0 saturated heterocycles. The first kappa shape index (κ1) is 8.15. The minimum absolute atomic E-state index is 1.20. The third kappa shape index (κ3) is 3.71. The predicted octanol–water partition coefficient (Wildman–Crippen LogP) is 1.84. The van der Waals surface area contributed by atoms with Crippen molar-refractivity contribution in [1.82, 2.24) is 0 Å². The minimum Gasteiger partial charge on any atom is -0.215 e. The third-order valence-electron chi connectivity index (χ3n) is 0.865. The van der Waals surface area contributed by atoms with Crippen LogP contribution in [0.5, 0.6) is 0 Å². The van der Waals surface area contributed by atoms with Crippen LogP contribution in [0.25, 0.3) is 0 Å². The minimum atomic E-state index is 1.20. The van der Waals surface area contributed by atoms with E-state index in [9.17, 15) is 0 Å². The lowest BCUT2D eigenvalue weighted by molar-refractivity contribution is -0.387. The number of pyridine rings is 1. The van der Waals surface area contributed by atoms with Crippen LogP contribution in [-0.4, -0.2) is 0 Å². The highest BCUT2D eigenvalue weighted by molar-refractivity contribution is 4.92. The van der Waals surface area contributed by atoms with Gasteiger partial charge in [-0.05, 0) is 0 Å². The van der Waals surface area contributed by atoms with Crippen molar-refractivity contribution in [2.24, 2.45) is 0 Å². The van der Waals surface area contributed by atoms with E-state index in [1.807, 2.05) is 45.2 Å². The van der Waals surface area contributed by atoms with Crippen molar-refractivity contribution in [3.63, 3.8) is 0 Å². The van der Waals surface area contributed by atoms with Crippen molar-refractivity contribution < 1.29 is 4.98 Å². The summed E-state index contributed by atoms with van der Waals surface area (Å²) in [5, 5.41) is 0. The van der Waals surface area contributed by atoms with E-state index in [1.54, 1.807) is 0 Å². The topological polar surface area (TPSA) is 14.1 Å². The molecule has 0 bridgehead atoms. The van der Waals surface area contributed by atoms with Crippen LogP contribution in [0.15, 0.2) is 24.4 Å². The third-order valence-corrected chi connectivity index (χ3v) is 0.865. The predicted molar refractivity (Wildman–Crippen MR) is 39.1 cm³/mol. The Morgan fingerprint density at radius 1 is 1.22 bits per heavy atom. The average Bonchev–Trinajstić information content (AvgIpc) is 1.94. The fourth-order valence-corrected chi connectivity index (χ4v) is 0.483. The van der Waals surface area contributed by atoms with Crippen LogP contribution in [0.3, 0.4) is 0 Å². The van der Waals surface area contributed by atoms with E-state index < -0.39 is 0 Å². The Bertz CT molecular complexity index is 134. The number of nitrogens with one attached hydrogen (secondary N) is 1. The van der Waals surface area contributed by atoms with Crippen molar-refractivity contribution in [3.05, 3.63) is 30.1 Å². The molecule has 0 saturated carbocycles. The SMILES string of the molecule is CC.Cc1cccc[nH+]1. The molecule has 1 rings (SSSR count). The Labute approximate surface area is 56.8 Å². The second-order valence-corrected chi connectivity index (χ2v) is 1.55. The van der Waals surface area contributed by atoms with Gasteiger partial charge in [-0.1, -0.05) is 19.9 Å². The summed E-state index contributed by atoms with van der Waals surface area (Å²) in [5.41, 5.74) is 1.20. The van der Waals surface area contributed by atoms with Crippen LogP contribution in [0.1, 0.15) is 19.5 Å². The Balaban J connectivity index is 0.000000291. The van der Waals surface area contributed by atoms with E-state index in [1.165, 1.54) is 5.69 Å². The van der Waals surface area contributed by atoms with Crippen molar-refractivity contribution in [3.8, 4) is 0 Å². The number of aromatic nitrogens is 1. The van der Waals surface area contributed by atoms with Crippen LogP contribution in [0.4, 0.5) is 0 Å². The van der Waals surface area contributed by atoms with Gasteiger partial charge in [-0.25, -0.2) is 4.98 Å². The fourth-order valence-electron chi connectivity index (χ4n) is 0.483. The molecule has 0 aliphatic carbocycles. The summed E-state index contributed by atoms with van der Waals surface area (Å²) in [6.45, 7) is 6.03. The number of H-pyrrole nitrogens is 1. The second kappa shape index (κ2) is 5.29. The summed E-state index contributed by atoms with van der Waals surface area (Å²) in [6, 6.07) is 6.00. The zero-order valence-corrected chi connectivity index (χ0v) is 6.31. The smallest absolute Gasteiger partial charge is 0.176 e. The number of hydrogen-bond acceptors (Lipinski definition) is 0. The summed E-state index contributed by atoms with van der Waals surface area (Å²) in [5.74, 6) is 0. The molecule has 0 amide bonds. The van der Waals surface area contributed by atoms with E-state index in [0.717, 1.165) is 0 Å². The van der Waals surface area contributed by atoms with Gasteiger partial charge in [0.15, 0.2) is 11.9 Å². The molecule has 0 aliphatic rings. The summed E-state index contributed by atoms with van der Waals surface area (Å²) in [6.07, 6.45) is 1.91. The summed E-state index contributed by atoms with van der Waals surface area (Å²) >= 11 is 0. The maximum absolute atomic E-state index is 3.03. The summed E-state index contributed by atoms with van der Waals surface area (Å²) in [7, 11) is 0. The van der Waals surface area contributed by atoms with Gasteiger partial charge in [-0.2, -0.15) is 0 Å². The molecule has 1 heteroatoms. The van der Waals surface area contributed by atoms with Crippen LogP contribution >= 0.6 is 0 Å². The zero-order valence-electron chi connectivity index (χ0n) is 6.31. The van der Waals surface area contributed by atoms with E-state index in [-0.39, 0.29) is 0 Å². The molecule has 0 atom stereocenters. The molecular formula is C8H14N+. The monoisotopic (exact) mass is 124 g/mol. The first-order valence-corrected chi connectivity index (χ1v) is 3.33. The molecule has 0 radical (unpaired) electrons. The lowest BCUT2D eigenvalue weighted by atomic mass is 10.4. The van der Waals surface area contributed by atoms with Gasteiger partial charge in [0.1, 0.15) is 0 Å². The maximum atomic E-state index is 3.03. The standard InChI is InChI=1S/C6H7N.C2H6/c1-6-4-2-3-5-7-6;1-2/h2-5H,1H3;1-2H3/p+1. The number of aromatic amines is 1. The zero-order chi connectivity index (χ0) is 7.11. The highest BCUT2D eigenvalue weighted by Gasteiger charge is 1.81. The lowest BCUT2D eigenvalue weighted by Crippen LogP contribution is -2.02. The number of aryl methyl sites for hydroxylation is 1. The van der Waals surface area contributed by atoms with Gasteiger partial charge < -0.3 is 0 Å². The highest BCUT2D eigenvalue weighted by atomic mass is 14.6. The average molecular weight is 124 g/mol. The Hall–Kier alpha value is -0.850. The Kier molecular flexibility index (Phi) is 4.79. The Morgan fingerprint density at radius 3 is 2.11 bits per heavy atom. The molecule has 50 valence electrons. The molecule has 0 fully saturated rings. The van der Waals surface area contributed by atoms with Crippen molar-refractivity contribution in [2.75, 3.05) is 0 Å². The van der Waals surface area contributed by atoms with Gasteiger partial charge in [-0.15, -0.1) is 0 Å². The molecule has 1 aromatic rings. The van der Waals surface area contributed by atoms with Crippen molar-refractivity contribution in [2.45, 2.75) is 20.8 Å². The highest BCUT2D eigenvalue weighted by Crippen LogP contribution is 1.80. The molecule has 9 heavy (non-hydrogen) atoms. The van der Waals surface area contributed by atoms with E-state index in [0.29, 0.717) is 0 Å². The van der Waals surface area contributed by atoms with Crippen molar-refractivity contribution >= 4 is 0 Å². The first-order chi connectivity index (χ1) is 4.39. The molecule has 1 nitrogen and oxygen atoms in total. The molecule has 1 aromatic heterocycles. The van der Waals surface area contributed by atoms with E-state index in [2.05, 4.69) is 4.98 Å². The number of hydrogen-bond donors (Lipinski definition) is 0. The molecule has 1 N–H and O–H groups in total. The normalized spacial score (nSPS) is 7.44. The van der Waals surface area contributed by atoms with Gasteiger partial charge in [0, 0.05) is 19.1 Å². The van der Waals surface area contributed by atoms with Crippen LogP contribution < -0.4 is 4.98 Å². The summed E-state index contributed by atoms with van der Waals surface area (Å²) < 4.78 is 0. The fraction of sp³-hybridized carbons (Fsp3) is 0.375.